The Morgan fingerprint density at radius 3 is 2.70 bits per heavy atom. The minimum Gasteiger partial charge on any atom is -0.486 e. The van der Waals surface area contributed by atoms with Crippen molar-refractivity contribution in [2.45, 2.75) is 51.0 Å². The predicted molar refractivity (Wildman–Crippen MR) is 133 cm³/mol. The Labute approximate surface area is 214 Å². The van der Waals surface area contributed by atoms with E-state index in [0.29, 0.717) is 30.6 Å². The third-order valence-corrected chi connectivity index (χ3v) is 7.68. The molecule has 2 aliphatic heterocycles. The zero-order valence-corrected chi connectivity index (χ0v) is 21.3. The number of hydrogen-bond donors (Lipinski definition) is 1. The van der Waals surface area contributed by atoms with E-state index < -0.39 is 21.9 Å². The van der Waals surface area contributed by atoms with Gasteiger partial charge in [-0.2, -0.15) is 8.42 Å². The van der Waals surface area contributed by atoms with E-state index in [0.717, 1.165) is 42.7 Å². The van der Waals surface area contributed by atoms with E-state index in [4.69, 9.17) is 9.37 Å². The number of fused-ring (bicyclic) bond motifs is 2. The van der Waals surface area contributed by atoms with Crippen molar-refractivity contribution in [1.82, 2.24) is 15.2 Å². The molecule has 12 heteroatoms. The van der Waals surface area contributed by atoms with E-state index in [2.05, 4.69) is 24.1 Å². The van der Waals surface area contributed by atoms with Gasteiger partial charge in [-0.15, -0.1) is 0 Å². The lowest BCUT2D eigenvalue weighted by molar-refractivity contribution is -0.133. The Bertz CT molecular complexity index is 1430. The van der Waals surface area contributed by atoms with E-state index >= 15 is 0 Å². The summed E-state index contributed by atoms with van der Waals surface area (Å²) in [5, 5.41) is 7.73. The first-order valence-electron chi connectivity index (χ1n) is 12.3. The van der Waals surface area contributed by atoms with Crippen LogP contribution in [0.25, 0.3) is 11.0 Å². The van der Waals surface area contributed by atoms with Crippen LogP contribution in [0.4, 0.5) is 5.69 Å². The molecule has 1 fully saturated rings. The summed E-state index contributed by atoms with van der Waals surface area (Å²) in [6.45, 7) is 4.23. The normalized spacial score (nSPS) is 17.4. The fraction of sp³-hybridized carbons (Fsp3) is 0.440. The lowest BCUT2D eigenvalue weighted by Gasteiger charge is -2.44. The maximum Gasteiger partial charge on any atom is 0.409 e. The Morgan fingerprint density at radius 2 is 1.92 bits per heavy atom. The molecule has 2 aliphatic rings. The molecule has 37 heavy (non-hydrogen) atoms. The summed E-state index contributed by atoms with van der Waals surface area (Å²) in [5.74, 6) is -0.507. The van der Waals surface area contributed by atoms with Crippen LogP contribution in [0.1, 0.15) is 54.9 Å². The van der Waals surface area contributed by atoms with Gasteiger partial charge in [0.05, 0.1) is 17.7 Å². The first-order chi connectivity index (χ1) is 17.7. The molecule has 3 heterocycles. The molecule has 0 radical (unpaired) electrons. The van der Waals surface area contributed by atoms with Crippen molar-refractivity contribution in [3.05, 3.63) is 47.5 Å². The van der Waals surface area contributed by atoms with Crippen LogP contribution >= 0.6 is 0 Å². The van der Waals surface area contributed by atoms with Crippen molar-refractivity contribution in [2.24, 2.45) is 0 Å². The Morgan fingerprint density at radius 1 is 1.14 bits per heavy atom. The number of Topliss-reactive ketones (excluding diaryl/α,β-unsaturated/α-hetero) is 1. The van der Waals surface area contributed by atoms with Crippen molar-refractivity contribution in [1.29, 1.82) is 0 Å². The van der Waals surface area contributed by atoms with Gasteiger partial charge in [0, 0.05) is 38.9 Å². The molecule has 1 N–H and O–H groups in total. The Kier molecular flexibility index (Phi) is 6.86. The van der Waals surface area contributed by atoms with Crippen molar-refractivity contribution in [3.8, 4) is 5.75 Å². The molecule has 2 aromatic carbocycles. The van der Waals surface area contributed by atoms with Gasteiger partial charge in [-0.3, -0.25) is 14.3 Å². The lowest BCUT2D eigenvalue weighted by Crippen LogP contribution is -2.51. The molecule has 11 nitrogen and oxygen atoms in total. The summed E-state index contributed by atoms with van der Waals surface area (Å²) >= 11 is 0. The van der Waals surface area contributed by atoms with Gasteiger partial charge in [0.1, 0.15) is 22.4 Å². The highest BCUT2D eigenvalue weighted by atomic mass is 32.2. The number of hydrogen-bond acceptors (Lipinski definition) is 10. The third-order valence-electron chi connectivity index (χ3n) is 6.79. The van der Waals surface area contributed by atoms with E-state index in [1.165, 1.54) is 12.1 Å². The second kappa shape index (κ2) is 10.1. The first kappa shape index (κ1) is 25.2. The fourth-order valence-corrected chi connectivity index (χ4v) is 5.61. The molecule has 0 bridgehead atoms. The minimum absolute atomic E-state index is 0.00676. The summed E-state index contributed by atoms with van der Waals surface area (Å²) in [7, 11) is -4.34. The molecular weight excluding hydrogens is 500 g/mol. The summed E-state index contributed by atoms with van der Waals surface area (Å²) in [5.41, 5.74) is 2.52. The van der Waals surface area contributed by atoms with Crippen molar-refractivity contribution in [3.63, 3.8) is 0 Å². The van der Waals surface area contributed by atoms with Crippen LogP contribution in [0.5, 0.6) is 5.75 Å². The molecule has 1 aromatic heterocycles. The molecule has 0 aliphatic carbocycles. The van der Waals surface area contributed by atoms with Crippen LogP contribution < -0.4 is 9.46 Å². The fourth-order valence-electron chi connectivity index (χ4n) is 4.82. The number of carbonyl (C=O) groups excluding carboxylic acids is 2. The van der Waals surface area contributed by atoms with Crippen molar-refractivity contribution < 1.29 is 31.6 Å². The number of likely N-dealkylation sites (tertiary alicyclic amines) is 1. The standard InChI is InChI=1S/C25H28N4O7S/c1-2-3-24(31)35-37(32,33)28-18-5-7-23-19(15-18)22(30)16-25(34-23)9-12-29(13-10-25)11-8-17-4-6-20-21(14-17)27-36-26-20/h4-7,14-15,28H,2-3,8-13,16H2,1H3. The van der Waals surface area contributed by atoms with Crippen molar-refractivity contribution >= 4 is 38.8 Å². The topological polar surface area (TPSA) is 141 Å². The lowest BCUT2D eigenvalue weighted by atomic mass is 9.82. The van der Waals surface area contributed by atoms with Crippen molar-refractivity contribution in [2.75, 3.05) is 24.4 Å². The van der Waals surface area contributed by atoms with Gasteiger partial charge in [0.2, 0.25) is 0 Å². The molecule has 1 spiro atoms. The van der Waals surface area contributed by atoms with Crippen LogP contribution in [0, 0.1) is 0 Å². The number of carbonyl (C=O) groups is 2. The van der Waals surface area contributed by atoms with Gasteiger partial charge < -0.3 is 13.8 Å². The van der Waals surface area contributed by atoms with Gasteiger partial charge in [0.15, 0.2) is 5.78 Å². The maximum atomic E-state index is 13.0. The molecule has 0 atom stereocenters. The SMILES string of the molecule is CCCC(=O)OS(=O)(=O)Nc1ccc2c(c1)C(=O)CC1(CCN(CCc3ccc4nonc4c3)CC1)O2. The number of anilines is 1. The van der Waals surface area contributed by atoms with Crippen LogP contribution in [-0.2, 0) is 25.7 Å². The highest BCUT2D eigenvalue weighted by molar-refractivity contribution is 7.88. The number of aromatic nitrogens is 2. The molecule has 5 rings (SSSR count). The van der Waals surface area contributed by atoms with Gasteiger partial charge in [-0.25, -0.2) is 4.63 Å². The summed E-state index contributed by atoms with van der Waals surface area (Å²) < 4.78 is 42.0. The molecular formula is C25H28N4O7S. The smallest absolute Gasteiger partial charge is 0.409 e. The molecule has 0 amide bonds. The molecule has 0 saturated carbocycles. The van der Waals surface area contributed by atoms with Crippen LogP contribution in [0.3, 0.4) is 0 Å². The number of ether oxygens (including phenoxy) is 1. The molecule has 3 aromatic rings. The number of benzene rings is 2. The molecule has 196 valence electrons. The largest absolute Gasteiger partial charge is 0.486 e. The van der Waals surface area contributed by atoms with Crippen LogP contribution in [0.2, 0.25) is 0 Å². The van der Waals surface area contributed by atoms with E-state index in [1.807, 2.05) is 18.2 Å². The van der Waals surface area contributed by atoms with Gasteiger partial charge in [-0.1, -0.05) is 13.0 Å². The molecule has 0 unspecified atom stereocenters. The number of nitrogens with zero attached hydrogens (tertiary/aromatic N) is 3. The van der Waals surface area contributed by atoms with E-state index in [-0.39, 0.29) is 24.3 Å². The van der Waals surface area contributed by atoms with Crippen LogP contribution in [0.15, 0.2) is 41.0 Å². The van der Waals surface area contributed by atoms with Crippen LogP contribution in [-0.4, -0.2) is 60.6 Å². The number of nitrogens with one attached hydrogen (secondary N) is 1. The minimum atomic E-state index is -4.34. The monoisotopic (exact) mass is 528 g/mol. The van der Waals surface area contributed by atoms with E-state index in [1.54, 1.807) is 13.0 Å². The number of ketones is 1. The zero-order valence-electron chi connectivity index (χ0n) is 20.4. The predicted octanol–water partition coefficient (Wildman–Crippen LogP) is 3.27. The second-order valence-electron chi connectivity index (χ2n) is 9.54. The average molecular weight is 529 g/mol. The number of piperidine rings is 1. The van der Waals surface area contributed by atoms with Gasteiger partial charge >= 0.3 is 16.3 Å². The maximum absolute atomic E-state index is 13.0. The van der Waals surface area contributed by atoms with Gasteiger partial charge in [-0.05, 0) is 59.1 Å². The Balaban J connectivity index is 1.18. The van der Waals surface area contributed by atoms with Gasteiger partial charge in [0.25, 0.3) is 0 Å². The highest BCUT2D eigenvalue weighted by Crippen LogP contribution is 2.40. The average Bonchev–Trinajstić information content (AvgIpc) is 3.32. The zero-order chi connectivity index (χ0) is 26.0. The Hall–Kier alpha value is -3.51. The highest BCUT2D eigenvalue weighted by Gasteiger charge is 2.43. The molecule has 1 saturated heterocycles. The quantitative estimate of drug-likeness (QED) is 0.463. The first-order valence-corrected chi connectivity index (χ1v) is 13.7. The van der Waals surface area contributed by atoms with E-state index in [9.17, 15) is 18.0 Å². The summed E-state index contributed by atoms with van der Waals surface area (Å²) in [6.07, 6.45) is 2.98. The summed E-state index contributed by atoms with van der Waals surface area (Å²) in [6, 6.07) is 10.4. The number of rotatable bonds is 8. The summed E-state index contributed by atoms with van der Waals surface area (Å²) in [4.78, 5) is 27.0. The third kappa shape index (κ3) is 5.75. The second-order valence-corrected chi connectivity index (χ2v) is 10.8.